The molecule has 0 radical (unpaired) electrons. The molecule has 0 saturated carbocycles. The summed E-state index contributed by atoms with van der Waals surface area (Å²) in [6.45, 7) is 3.97. The summed E-state index contributed by atoms with van der Waals surface area (Å²) in [4.78, 5) is 0. The van der Waals surface area contributed by atoms with Crippen molar-refractivity contribution in [3.8, 4) is 11.8 Å². The lowest BCUT2D eigenvalue weighted by Gasteiger charge is -2.19. The molecule has 0 fully saturated rings. The van der Waals surface area contributed by atoms with E-state index in [1.807, 2.05) is 38.1 Å². The van der Waals surface area contributed by atoms with Crippen molar-refractivity contribution in [3.05, 3.63) is 29.8 Å². The fourth-order valence-electron chi connectivity index (χ4n) is 1.31. The van der Waals surface area contributed by atoms with E-state index < -0.39 is 0 Å². The first kappa shape index (κ1) is 10.6. The van der Waals surface area contributed by atoms with Crippen LogP contribution in [0.1, 0.15) is 25.8 Å². The van der Waals surface area contributed by atoms with Crippen LogP contribution >= 0.6 is 0 Å². The SMILES string of the molecule is CCC(C)(C#N)c1ccc(OC)cc1. The van der Waals surface area contributed by atoms with E-state index in [0.717, 1.165) is 17.7 Å². The van der Waals surface area contributed by atoms with Crippen molar-refractivity contribution < 1.29 is 4.74 Å². The highest BCUT2D eigenvalue weighted by Gasteiger charge is 2.23. The normalized spacial score (nSPS) is 14.1. The molecule has 0 aliphatic carbocycles. The Labute approximate surface area is 85.1 Å². The number of methoxy groups -OCH3 is 1. The first-order chi connectivity index (χ1) is 6.66. The van der Waals surface area contributed by atoms with Crippen molar-refractivity contribution >= 4 is 0 Å². The van der Waals surface area contributed by atoms with Gasteiger partial charge in [-0.25, -0.2) is 0 Å². The lowest BCUT2D eigenvalue weighted by atomic mass is 9.82. The molecule has 0 aromatic heterocycles. The quantitative estimate of drug-likeness (QED) is 0.732. The third-order valence-corrected chi connectivity index (χ3v) is 2.68. The number of hydrogen-bond donors (Lipinski definition) is 0. The molecular weight excluding hydrogens is 174 g/mol. The van der Waals surface area contributed by atoms with Gasteiger partial charge in [0.15, 0.2) is 0 Å². The van der Waals surface area contributed by atoms with Gasteiger partial charge in [-0.15, -0.1) is 0 Å². The summed E-state index contributed by atoms with van der Waals surface area (Å²) in [7, 11) is 1.64. The van der Waals surface area contributed by atoms with E-state index in [9.17, 15) is 0 Å². The topological polar surface area (TPSA) is 33.0 Å². The predicted molar refractivity (Wildman–Crippen MR) is 56.3 cm³/mol. The summed E-state index contributed by atoms with van der Waals surface area (Å²) < 4.78 is 5.07. The van der Waals surface area contributed by atoms with Crippen molar-refractivity contribution in [1.82, 2.24) is 0 Å². The monoisotopic (exact) mass is 189 g/mol. The largest absolute Gasteiger partial charge is 0.497 e. The number of nitrogens with zero attached hydrogens (tertiary/aromatic N) is 1. The highest BCUT2D eigenvalue weighted by atomic mass is 16.5. The second-order valence-corrected chi connectivity index (χ2v) is 3.53. The second-order valence-electron chi connectivity index (χ2n) is 3.53. The average molecular weight is 189 g/mol. The van der Waals surface area contributed by atoms with Gasteiger partial charge in [-0.05, 0) is 31.0 Å². The Balaban J connectivity index is 3.03. The van der Waals surface area contributed by atoms with Gasteiger partial charge in [-0.3, -0.25) is 0 Å². The second kappa shape index (κ2) is 4.15. The van der Waals surface area contributed by atoms with Crippen molar-refractivity contribution in [2.24, 2.45) is 0 Å². The molecule has 1 rings (SSSR count). The first-order valence-electron chi connectivity index (χ1n) is 4.72. The maximum Gasteiger partial charge on any atom is 0.118 e. The summed E-state index contributed by atoms with van der Waals surface area (Å²) in [6, 6.07) is 10.0. The average Bonchev–Trinajstić information content (AvgIpc) is 2.28. The molecule has 0 amide bonds. The van der Waals surface area contributed by atoms with Crippen LogP contribution in [0.4, 0.5) is 0 Å². The number of ether oxygens (including phenoxy) is 1. The molecule has 0 spiro atoms. The van der Waals surface area contributed by atoms with Crippen LogP contribution in [0.25, 0.3) is 0 Å². The van der Waals surface area contributed by atoms with Gasteiger partial charge >= 0.3 is 0 Å². The fraction of sp³-hybridized carbons (Fsp3) is 0.417. The van der Waals surface area contributed by atoms with Crippen molar-refractivity contribution in [1.29, 1.82) is 5.26 Å². The molecule has 1 atom stereocenters. The highest BCUT2D eigenvalue weighted by Crippen LogP contribution is 2.27. The van der Waals surface area contributed by atoms with Gasteiger partial charge in [0.25, 0.3) is 0 Å². The first-order valence-corrected chi connectivity index (χ1v) is 4.72. The number of benzene rings is 1. The van der Waals surface area contributed by atoms with E-state index in [1.165, 1.54) is 0 Å². The standard InChI is InChI=1S/C12H15NO/c1-4-12(2,9-13)10-5-7-11(14-3)8-6-10/h5-8H,4H2,1-3H3. The van der Waals surface area contributed by atoms with Crippen molar-refractivity contribution in [3.63, 3.8) is 0 Å². The third-order valence-electron chi connectivity index (χ3n) is 2.68. The van der Waals surface area contributed by atoms with Gasteiger partial charge in [0.2, 0.25) is 0 Å². The predicted octanol–water partition coefficient (Wildman–Crippen LogP) is 2.89. The van der Waals surface area contributed by atoms with Crippen LogP contribution in [0.3, 0.4) is 0 Å². The van der Waals surface area contributed by atoms with Gasteiger partial charge in [-0.2, -0.15) is 5.26 Å². The molecule has 2 heteroatoms. The van der Waals surface area contributed by atoms with Crippen LogP contribution in [0.15, 0.2) is 24.3 Å². The van der Waals surface area contributed by atoms with Gasteiger partial charge in [0, 0.05) is 0 Å². The third kappa shape index (κ3) is 1.88. The van der Waals surface area contributed by atoms with Crippen LogP contribution in [0.5, 0.6) is 5.75 Å². The van der Waals surface area contributed by atoms with E-state index in [-0.39, 0.29) is 5.41 Å². The lowest BCUT2D eigenvalue weighted by Crippen LogP contribution is -2.17. The van der Waals surface area contributed by atoms with Crippen molar-refractivity contribution in [2.45, 2.75) is 25.7 Å². The van der Waals surface area contributed by atoms with Gasteiger partial charge in [-0.1, -0.05) is 19.1 Å². The Kier molecular flexibility index (Phi) is 3.14. The molecule has 0 aliphatic heterocycles. The number of hydrogen-bond acceptors (Lipinski definition) is 2. The Morgan fingerprint density at radius 3 is 2.29 bits per heavy atom. The van der Waals surface area contributed by atoms with Crippen molar-refractivity contribution in [2.75, 3.05) is 7.11 Å². The van der Waals surface area contributed by atoms with E-state index in [2.05, 4.69) is 6.07 Å². The van der Waals surface area contributed by atoms with Gasteiger partial charge in [0.05, 0.1) is 18.6 Å². The minimum Gasteiger partial charge on any atom is -0.497 e. The van der Waals surface area contributed by atoms with E-state index in [4.69, 9.17) is 10.00 Å². The molecule has 0 saturated heterocycles. The highest BCUT2D eigenvalue weighted by molar-refractivity contribution is 5.35. The lowest BCUT2D eigenvalue weighted by molar-refractivity contribution is 0.414. The van der Waals surface area contributed by atoms with Crippen LogP contribution in [-0.2, 0) is 5.41 Å². The van der Waals surface area contributed by atoms with Crippen LogP contribution in [0, 0.1) is 11.3 Å². The molecule has 0 bridgehead atoms. The smallest absolute Gasteiger partial charge is 0.118 e. The maximum absolute atomic E-state index is 9.08. The van der Waals surface area contributed by atoms with Crippen LogP contribution < -0.4 is 4.74 Å². The number of rotatable bonds is 3. The molecule has 0 aliphatic rings. The zero-order valence-corrected chi connectivity index (χ0v) is 8.87. The molecule has 2 nitrogen and oxygen atoms in total. The summed E-state index contributed by atoms with van der Waals surface area (Å²) >= 11 is 0. The Morgan fingerprint density at radius 1 is 1.36 bits per heavy atom. The van der Waals surface area contributed by atoms with Crippen LogP contribution in [0.2, 0.25) is 0 Å². The Morgan fingerprint density at radius 2 is 1.93 bits per heavy atom. The van der Waals surface area contributed by atoms with Crippen LogP contribution in [-0.4, -0.2) is 7.11 Å². The summed E-state index contributed by atoms with van der Waals surface area (Å²) in [5.41, 5.74) is 0.662. The summed E-state index contributed by atoms with van der Waals surface area (Å²) in [5.74, 6) is 0.824. The Hall–Kier alpha value is -1.49. The maximum atomic E-state index is 9.08. The molecule has 0 N–H and O–H groups in total. The molecular formula is C12H15NO. The summed E-state index contributed by atoms with van der Waals surface area (Å²) in [5, 5.41) is 9.08. The zero-order valence-electron chi connectivity index (χ0n) is 8.87. The number of nitriles is 1. The fourth-order valence-corrected chi connectivity index (χ4v) is 1.31. The molecule has 74 valence electrons. The zero-order chi connectivity index (χ0) is 10.6. The van der Waals surface area contributed by atoms with Gasteiger partial charge < -0.3 is 4.74 Å². The van der Waals surface area contributed by atoms with E-state index in [1.54, 1.807) is 7.11 Å². The molecule has 1 aromatic rings. The molecule has 1 aromatic carbocycles. The minimum atomic E-state index is -0.383. The van der Waals surface area contributed by atoms with Gasteiger partial charge in [0.1, 0.15) is 5.75 Å². The molecule has 1 unspecified atom stereocenters. The Bertz CT molecular complexity index is 336. The molecule has 14 heavy (non-hydrogen) atoms. The minimum absolute atomic E-state index is 0.383. The van der Waals surface area contributed by atoms with E-state index in [0.29, 0.717) is 0 Å². The van der Waals surface area contributed by atoms with E-state index >= 15 is 0 Å². The summed E-state index contributed by atoms with van der Waals surface area (Å²) in [6.07, 6.45) is 0.815. The molecule has 0 heterocycles.